The minimum absolute atomic E-state index is 0.0465. The van der Waals surface area contributed by atoms with E-state index in [1.54, 1.807) is 61.5 Å². The molecule has 1 aliphatic carbocycles. The Kier molecular flexibility index (Phi) is 12.2. The molecule has 1 aliphatic rings. The van der Waals surface area contributed by atoms with E-state index < -0.39 is 5.97 Å². The van der Waals surface area contributed by atoms with Gasteiger partial charge in [-0.2, -0.15) is 0 Å². The van der Waals surface area contributed by atoms with Crippen LogP contribution < -0.4 is 14.2 Å². The number of ether oxygens (including phenoxy) is 4. The fourth-order valence-corrected chi connectivity index (χ4v) is 3.92. The number of rotatable bonds is 17. The van der Waals surface area contributed by atoms with Gasteiger partial charge < -0.3 is 18.9 Å². The molecule has 0 N–H and O–H groups in total. The molecule has 0 radical (unpaired) electrons. The van der Waals surface area contributed by atoms with Crippen LogP contribution in [-0.4, -0.2) is 38.0 Å². The number of ketones is 1. The lowest BCUT2D eigenvalue weighted by atomic mass is 10.1. The monoisotopic (exact) mass is 558 g/mol. The summed E-state index contributed by atoms with van der Waals surface area (Å²) in [5, 5.41) is 0. The van der Waals surface area contributed by atoms with Crippen LogP contribution in [0.1, 0.15) is 61.9 Å². The molecule has 2 aromatic carbocycles. The normalized spacial score (nSPS) is 14.0. The second-order valence-corrected chi connectivity index (χ2v) is 9.73. The van der Waals surface area contributed by atoms with Crippen molar-refractivity contribution in [2.45, 2.75) is 46.0 Å². The van der Waals surface area contributed by atoms with Crippen molar-refractivity contribution in [1.29, 1.82) is 0 Å². The lowest BCUT2D eigenvalue weighted by molar-refractivity contribution is -0.139. The molecule has 41 heavy (non-hydrogen) atoms. The molecule has 1 unspecified atom stereocenters. The topological polar surface area (TPSA) is 88.1 Å². The molecule has 0 aliphatic heterocycles. The molecule has 3 rings (SSSR count). The second-order valence-electron chi connectivity index (χ2n) is 9.73. The Morgan fingerprint density at radius 2 is 1.68 bits per heavy atom. The van der Waals surface area contributed by atoms with Gasteiger partial charge in [-0.05, 0) is 94.0 Å². The summed E-state index contributed by atoms with van der Waals surface area (Å²) in [4.78, 5) is 36.4. The highest BCUT2D eigenvalue weighted by Gasteiger charge is 2.28. The highest BCUT2D eigenvalue weighted by atomic mass is 16.6. The summed E-state index contributed by atoms with van der Waals surface area (Å²) in [6.45, 7) is 8.09. The molecule has 2 aromatic rings. The molecule has 1 atom stereocenters. The van der Waals surface area contributed by atoms with Gasteiger partial charge in [-0.3, -0.25) is 4.79 Å². The van der Waals surface area contributed by atoms with Crippen molar-refractivity contribution in [2.24, 2.45) is 5.92 Å². The lowest BCUT2D eigenvalue weighted by Gasteiger charge is -2.11. The Morgan fingerprint density at radius 1 is 0.951 bits per heavy atom. The van der Waals surface area contributed by atoms with Crippen LogP contribution in [0.15, 0.2) is 84.5 Å². The average Bonchev–Trinajstić information content (AvgIpc) is 3.76. The number of benzene rings is 2. The van der Waals surface area contributed by atoms with Crippen LogP contribution in [0.4, 0.5) is 0 Å². The third kappa shape index (κ3) is 10.3. The van der Waals surface area contributed by atoms with Crippen molar-refractivity contribution in [1.82, 2.24) is 0 Å². The smallest absolute Gasteiger partial charge is 0.343 e. The zero-order valence-electron chi connectivity index (χ0n) is 24.0. The third-order valence-electron chi connectivity index (χ3n) is 6.38. The van der Waals surface area contributed by atoms with E-state index in [9.17, 15) is 14.4 Å². The SMILES string of the molecule is C=C(C)C(=O)OCCCCCCOc1ccc(C(=O)Oc2ccc(/C=C/C(=O)C3C=C3C/C=C/C)cc2OC)cc1. The molecule has 0 fully saturated rings. The third-order valence-corrected chi connectivity index (χ3v) is 6.38. The minimum Gasteiger partial charge on any atom is -0.494 e. The van der Waals surface area contributed by atoms with E-state index >= 15 is 0 Å². The molecule has 0 aromatic heterocycles. The van der Waals surface area contributed by atoms with Gasteiger partial charge in [0, 0.05) is 5.57 Å². The number of carbonyl (C=O) groups excluding carboxylic acids is 3. The predicted octanol–water partition coefficient (Wildman–Crippen LogP) is 7.08. The van der Waals surface area contributed by atoms with Crippen LogP contribution in [0.3, 0.4) is 0 Å². The van der Waals surface area contributed by atoms with E-state index in [0.717, 1.165) is 43.2 Å². The zero-order chi connectivity index (χ0) is 29.6. The second kappa shape index (κ2) is 16.0. The fraction of sp³-hybridized carbons (Fsp3) is 0.324. The van der Waals surface area contributed by atoms with E-state index in [2.05, 4.69) is 6.58 Å². The maximum Gasteiger partial charge on any atom is 0.343 e. The summed E-state index contributed by atoms with van der Waals surface area (Å²) in [6, 6.07) is 11.9. The summed E-state index contributed by atoms with van der Waals surface area (Å²) in [5.41, 5.74) is 2.69. The van der Waals surface area contributed by atoms with Crippen molar-refractivity contribution in [2.75, 3.05) is 20.3 Å². The molecule has 0 heterocycles. The van der Waals surface area contributed by atoms with Crippen molar-refractivity contribution < 1.29 is 33.3 Å². The first-order chi connectivity index (χ1) is 19.8. The van der Waals surface area contributed by atoms with Gasteiger partial charge in [0.15, 0.2) is 17.3 Å². The highest BCUT2D eigenvalue weighted by molar-refractivity contribution is 6.01. The molecular weight excluding hydrogens is 520 g/mol. The van der Waals surface area contributed by atoms with Gasteiger partial charge in [-0.15, -0.1) is 0 Å². The summed E-state index contributed by atoms with van der Waals surface area (Å²) in [7, 11) is 1.50. The standard InChI is InChI=1S/C34H38O7/c1-5-6-11-27-23-29(27)30(35)18-12-25-13-19-31(32(22-25)38-4)41-34(37)26-14-16-28(17-15-26)39-20-9-7-8-10-21-40-33(36)24(2)3/h5-6,12-19,22-23,29H,2,7-11,20-21H2,1,3-4H3/b6-5+,18-12+. The maximum atomic E-state index is 12.7. The first kappa shape index (κ1) is 31.1. The van der Waals surface area contributed by atoms with E-state index in [1.165, 1.54) is 7.11 Å². The van der Waals surface area contributed by atoms with Gasteiger partial charge >= 0.3 is 11.9 Å². The number of hydrogen-bond donors (Lipinski definition) is 0. The van der Waals surface area contributed by atoms with Gasteiger partial charge in [0.25, 0.3) is 0 Å². The molecule has 0 saturated heterocycles. The summed E-state index contributed by atoms with van der Waals surface area (Å²) in [6.07, 6.45) is 13.7. The highest BCUT2D eigenvalue weighted by Crippen LogP contribution is 2.34. The summed E-state index contributed by atoms with van der Waals surface area (Å²) < 4.78 is 21.8. The average molecular weight is 559 g/mol. The Balaban J connectivity index is 1.41. The van der Waals surface area contributed by atoms with E-state index in [-0.39, 0.29) is 23.4 Å². The summed E-state index contributed by atoms with van der Waals surface area (Å²) in [5.74, 6) is 0.414. The van der Waals surface area contributed by atoms with Gasteiger partial charge in [0.2, 0.25) is 0 Å². The van der Waals surface area contributed by atoms with E-state index in [4.69, 9.17) is 18.9 Å². The molecule has 0 spiro atoms. The van der Waals surface area contributed by atoms with Gasteiger partial charge in [-0.1, -0.05) is 42.5 Å². The molecule has 0 saturated carbocycles. The zero-order valence-corrected chi connectivity index (χ0v) is 24.0. The van der Waals surface area contributed by atoms with Crippen molar-refractivity contribution >= 4 is 23.8 Å². The Bertz CT molecular complexity index is 1320. The predicted molar refractivity (Wildman–Crippen MR) is 159 cm³/mol. The fourth-order valence-electron chi connectivity index (χ4n) is 3.92. The van der Waals surface area contributed by atoms with Crippen LogP contribution >= 0.6 is 0 Å². The Morgan fingerprint density at radius 3 is 2.37 bits per heavy atom. The van der Waals surface area contributed by atoms with Gasteiger partial charge in [-0.25, -0.2) is 9.59 Å². The minimum atomic E-state index is -0.519. The van der Waals surface area contributed by atoms with Crippen LogP contribution in [0.2, 0.25) is 0 Å². The first-order valence-electron chi connectivity index (χ1n) is 13.8. The van der Waals surface area contributed by atoms with E-state index in [0.29, 0.717) is 35.8 Å². The quantitative estimate of drug-likeness (QED) is 0.0674. The largest absolute Gasteiger partial charge is 0.494 e. The van der Waals surface area contributed by atoms with Crippen molar-refractivity contribution in [3.8, 4) is 17.2 Å². The Labute approximate surface area is 242 Å². The van der Waals surface area contributed by atoms with Crippen LogP contribution in [-0.2, 0) is 14.3 Å². The van der Waals surface area contributed by atoms with Crippen LogP contribution in [0, 0.1) is 5.92 Å². The van der Waals surface area contributed by atoms with Crippen LogP contribution in [0.5, 0.6) is 17.2 Å². The molecule has 216 valence electrons. The van der Waals surface area contributed by atoms with Crippen molar-refractivity contribution in [3.05, 3.63) is 95.6 Å². The molecular formula is C34H38O7. The number of esters is 2. The Hall–Kier alpha value is -4.39. The maximum absolute atomic E-state index is 12.7. The van der Waals surface area contributed by atoms with Gasteiger partial charge in [0.05, 0.1) is 31.8 Å². The molecule has 0 amide bonds. The molecule has 7 nitrogen and oxygen atoms in total. The number of methoxy groups -OCH3 is 1. The first-order valence-corrected chi connectivity index (χ1v) is 13.8. The number of allylic oxidation sites excluding steroid dienone is 5. The number of carbonyl (C=O) groups is 3. The molecule has 0 bridgehead atoms. The van der Waals surface area contributed by atoms with Crippen molar-refractivity contribution in [3.63, 3.8) is 0 Å². The molecule has 7 heteroatoms. The number of hydrogen-bond acceptors (Lipinski definition) is 7. The number of unbranched alkanes of at least 4 members (excludes halogenated alkanes) is 3. The summed E-state index contributed by atoms with van der Waals surface area (Å²) >= 11 is 0. The lowest BCUT2D eigenvalue weighted by Crippen LogP contribution is -2.09. The van der Waals surface area contributed by atoms with Crippen LogP contribution in [0.25, 0.3) is 6.08 Å². The van der Waals surface area contributed by atoms with E-state index in [1.807, 2.05) is 25.2 Å². The van der Waals surface area contributed by atoms with Gasteiger partial charge in [0.1, 0.15) is 5.75 Å².